The van der Waals surface area contributed by atoms with E-state index < -0.39 is 0 Å². The van der Waals surface area contributed by atoms with Gasteiger partial charge in [-0.3, -0.25) is 4.99 Å². The maximum Gasteiger partial charge on any atom is 0.191 e. The van der Waals surface area contributed by atoms with Crippen LogP contribution in [-0.2, 0) is 6.54 Å². The van der Waals surface area contributed by atoms with Crippen molar-refractivity contribution < 1.29 is 0 Å². The van der Waals surface area contributed by atoms with Crippen molar-refractivity contribution in [1.82, 2.24) is 10.6 Å². The third kappa shape index (κ3) is 7.11. The molecule has 1 aliphatic rings. The van der Waals surface area contributed by atoms with Gasteiger partial charge in [0.05, 0.1) is 0 Å². The summed E-state index contributed by atoms with van der Waals surface area (Å²) in [5, 5.41) is 6.78. The zero-order chi connectivity index (χ0) is 16.5. The van der Waals surface area contributed by atoms with Crippen molar-refractivity contribution in [2.45, 2.75) is 38.6 Å². The van der Waals surface area contributed by atoms with Crippen LogP contribution in [0.4, 0.5) is 5.69 Å². The Kier molecular flexibility index (Phi) is 9.83. The Morgan fingerprint density at radius 1 is 1.12 bits per heavy atom. The molecule has 0 saturated heterocycles. The highest BCUT2D eigenvalue weighted by molar-refractivity contribution is 14.0. The van der Waals surface area contributed by atoms with E-state index in [1.54, 1.807) is 5.57 Å². The smallest absolute Gasteiger partial charge is 0.191 e. The zero-order valence-electron chi connectivity index (χ0n) is 15.1. The molecule has 134 valence electrons. The van der Waals surface area contributed by atoms with Gasteiger partial charge in [-0.15, -0.1) is 24.0 Å². The van der Waals surface area contributed by atoms with E-state index in [1.165, 1.54) is 36.9 Å². The maximum atomic E-state index is 4.30. The van der Waals surface area contributed by atoms with E-state index in [0.717, 1.165) is 25.5 Å². The van der Waals surface area contributed by atoms with Crippen molar-refractivity contribution in [3.63, 3.8) is 0 Å². The van der Waals surface area contributed by atoms with E-state index in [1.807, 2.05) is 7.05 Å². The van der Waals surface area contributed by atoms with Gasteiger partial charge in [-0.2, -0.15) is 0 Å². The van der Waals surface area contributed by atoms with Crippen molar-refractivity contribution in [2.24, 2.45) is 4.99 Å². The number of anilines is 1. The number of aliphatic imine (C=N–C) groups is 1. The van der Waals surface area contributed by atoms with Gasteiger partial charge in [0, 0.05) is 39.9 Å². The first-order valence-corrected chi connectivity index (χ1v) is 8.57. The van der Waals surface area contributed by atoms with E-state index in [0.29, 0.717) is 0 Å². The number of halogens is 1. The predicted molar refractivity (Wildman–Crippen MR) is 116 cm³/mol. The van der Waals surface area contributed by atoms with Gasteiger partial charge in [-0.25, -0.2) is 0 Å². The summed E-state index contributed by atoms with van der Waals surface area (Å²) < 4.78 is 0. The number of allylic oxidation sites excluding steroid dienone is 1. The van der Waals surface area contributed by atoms with Gasteiger partial charge in [0.25, 0.3) is 0 Å². The molecule has 0 saturated carbocycles. The molecule has 1 aromatic rings. The van der Waals surface area contributed by atoms with Crippen LogP contribution in [0.2, 0.25) is 0 Å². The molecule has 0 unspecified atom stereocenters. The third-order valence-corrected chi connectivity index (χ3v) is 4.26. The Hall–Kier alpha value is -1.24. The lowest BCUT2D eigenvalue weighted by Gasteiger charge is -2.16. The van der Waals surface area contributed by atoms with Crippen LogP contribution in [0, 0.1) is 0 Å². The van der Waals surface area contributed by atoms with Crippen LogP contribution >= 0.6 is 24.0 Å². The Morgan fingerprint density at radius 3 is 2.46 bits per heavy atom. The lowest BCUT2D eigenvalue weighted by Crippen LogP contribution is -2.37. The molecule has 4 nitrogen and oxygen atoms in total. The molecule has 5 heteroatoms. The van der Waals surface area contributed by atoms with Crippen molar-refractivity contribution >= 4 is 35.6 Å². The highest BCUT2D eigenvalue weighted by atomic mass is 127. The first-order chi connectivity index (χ1) is 11.2. The van der Waals surface area contributed by atoms with E-state index in [9.17, 15) is 0 Å². The van der Waals surface area contributed by atoms with Crippen LogP contribution in [-0.4, -0.2) is 33.6 Å². The summed E-state index contributed by atoms with van der Waals surface area (Å²) in [6.45, 7) is 1.74. The molecule has 2 rings (SSSR count). The van der Waals surface area contributed by atoms with E-state index in [4.69, 9.17) is 0 Å². The second-order valence-electron chi connectivity index (χ2n) is 6.27. The first-order valence-electron chi connectivity index (χ1n) is 8.57. The number of guanidine groups is 1. The van der Waals surface area contributed by atoms with Crippen LogP contribution in [0.1, 0.15) is 37.7 Å². The average molecular weight is 442 g/mol. The minimum absolute atomic E-state index is 0. The second kappa shape index (κ2) is 11.3. The highest BCUT2D eigenvalue weighted by Gasteiger charge is 2.04. The lowest BCUT2D eigenvalue weighted by atomic mass is 9.97. The van der Waals surface area contributed by atoms with Gasteiger partial charge in [-0.05, 0) is 49.8 Å². The van der Waals surface area contributed by atoms with Gasteiger partial charge in [0.1, 0.15) is 0 Å². The molecule has 0 fully saturated rings. The molecule has 1 aromatic carbocycles. The Bertz CT molecular complexity index is 535. The number of hydrogen-bond donors (Lipinski definition) is 2. The monoisotopic (exact) mass is 442 g/mol. The zero-order valence-corrected chi connectivity index (χ0v) is 17.5. The third-order valence-electron chi connectivity index (χ3n) is 4.26. The molecular formula is C19H31IN4. The summed E-state index contributed by atoms with van der Waals surface area (Å²) in [6.07, 6.45) is 8.76. The normalized spacial score (nSPS) is 14.5. The lowest BCUT2D eigenvalue weighted by molar-refractivity contribution is 0.665. The summed E-state index contributed by atoms with van der Waals surface area (Å²) in [6, 6.07) is 8.59. The van der Waals surface area contributed by atoms with Gasteiger partial charge in [-0.1, -0.05) is 23.8 Å². The van der Waals surface area contributed by atoms with Crippen LogP contribution in [0.15, 0.2) is 40.9 Å². The van der Waals surface area contributed by atoms with Crippen LogP contribution in [0.5, 0.6) is 0 Å². The van der Waals surface area contributed by atoms with Crippen LogP contribution < -0.4 is 15.5 Å². The summed E-state index contributed by atoms with van der Waals surface area (Å²) in [5.41, 5.74) is 4.07. The molecule has 0 heterocycles. The van der Waals surface area contributed by atoms with Crippen LogP contribution in [0.3, 0.4) is 0 Å². The number of nitrogens with one attached hydrogen (secondary N) is 2. The van der Waals surface area contributed by atoms with Crippen molar-refractivity contribution in [1.29, 1.82) is 0 Å². The van der Waals surface area contributed by atoms with E-state index >= 15 is 0 Å². The van der Waals surface area contributed by atoms with Gasteiger partial charge >= 0.3 is 0 Å². The van der Waals surface area contributed by atoms with Crippen molar-refractivity contribution in [2.75, 3.05) is 32.6 Å². The number of nitrogens with zero attached hydrogens (tertiary/aromatic N) is 2. The highest BCUT2D eigenvalue weighted by Crippen LogP contribution is 2.19. The van der Waals surface area contributed by atoms with E-state index in [2.05, 4.69) is 65.0 Å². The fourth-order valence-corrected chi connectivity index (χ4v) is 2.79. The molecule has 1 aliphatic carbocycles. The number of hydrogen-bond acceptors (Lipinski definition) is 2. The molecule has 0 spiro atoms. The molecular weight excluding hydrogens is 411 g/mol. The molecule has 0 aromatic heterocycles. The fraction of sp³-hybridized carbons (Fsp3) is 0.526. The Balaban J connectivity index is 0.00000288. The molecule has 2 N–H and O–H groups in total. The summed E-state index contributed by atoms with van der Waals surface area (Å²) >= 11 is 0. The Labute approximate surface area is 163 Å². The molecule has 0 radical (unpaired) electrons. The average Bonchev–Trinajstić information content (AvgIpc) is 2.59. The topological polar surface area (TPSA) is 39.7 Å². The van der Waals surface area contributed by atoms with Crippen molar-refractivity contribution in [3.8, 4) is 0 Å². The van der Waals surface area contributed by atoms with Crippen molar-refractivity contribution in [3.05, 3.63) is 41.5 Å². The fourth-order valence-electron chi connectivity index (χ4n) is 2.79. The molecule has 0 aliphatic heterocycles. The summed E-state index contributed by atoms with van der Waals surface area (Å²) in [5.74, 6) is 0.873. The molecule has 0 bridgehead atoms. The van der Waals surface area contributed by atoms with Gasteiger partial charge in [0.15, 0.2) is 5.96 Å². The predicted octanol–water partition coefficient (Wildman–Crippen LogP) is 3.93. The Morgan fingerprint density at radius 2 is 1.88 bits per heavy atom. The van der Waals surface area contributed by atoms with Crippen LogP contribution in [0.25, 0.3) is 0 Å². The standard InChI is InChI=1S/C19H30N4.HI/c1-20-19(21-14-13-16-7-5-4-6-8-16)22-15-17-9-11-18(12-10-17)23(2)3;/h7,9-12H,4-6,8,13-15H2,1-3H3,(H2,20,21,22);1H. The number of benzene rings is 1. The maximum absolute atomic E-state index is 4.30. The minimum atomic E-state index is 0. The largest absolute Gasteiger partial charge is 0.378 e. The first kappa shape index (κ1) is 20.8. The molecule has 24 heavy (non-hydrogen) atoms. The van der Waals surface area contributed by atoms with Gasteiger partial charge < -0.3 is 15.5 Å². The second-order valence-corrected chi connectivity index (χ2v) is 6.27. The quantitative estimate of drug-likeness (QED) is 0.304. The minimum Gasteiger partial charge on any atom is -0.378 e. The molecule has 0 amide bonds. The van der Waals surface area contributed by atoms with Gasteiger partial charge in [0.2, 0.25) is 0 Å². The molecule has 0 atom stereocenters. The summed E-state index contributed by atoms with van der Waals surface area (Å²) in [7, 11) is 5.94. The van der Waals surface area contributed by atoms with E-state index in [-0.39, 0.29) is 24.0 Å². The SMILES string of the molecule is CN=C(NCCC1=CCCCC1)NCc1ccc(N(C)C)cc1.I. The number of rotatable bonds is 6. The summed E-state index contributed by atoms with van der Waals surface area (Å²) in [4.78, 5) is 6.41.